The highest BCUT2D eigenvalue weighted by Crippen LogP contribution is 2.28. The average Bonchev–Trinajstić information content (AvgIpc) is 3.53. The first-order valence-corrected chi connectivity index (χ1v) is 13.6. The predicted molar refractivity (Wildman–Crippen MR) is 152 cm³/mol. The van der Waals surface area contributed by atoms with Crippen LogP contribution in [0.4, 0.5) is 10.2 Å². The zero-order chi connectivity index (χ0) is 30.1. The van der Waals surface area contributed by atoms with E-state index in [1.54, 1.807) is 37.5 Å². The van der Waals surface area contributed by atoms with Crippen molar-refractivity contribution in [3.63, 3.8) is 0 Å². The van der Waals surface area contributed by atoms with Crippen LogP contribution >= 0.6 is 15.9 Å². The van der Waals surface area contributed by atoms with Gasteiger partial charge in [-0.25, -0.2) is 24.1 Å². The van der Waals surface area contributed by atoms with Crippen LogP contribution in [-0.2, 0) is 20.9 Å². The topological polar surface area (TPSA) is 149 Å². The lowest BCUT2D eigenvalue weighted by Gasteiger charge is -2.24. The molecule has 2 amide bonds. The highest BCUT2D eigenvalue weighted by molar-refractivity contribution is 9.10. The fourth-order valence-corrected chi connectivity index (χ4v) is 5.12. The molecule has 1 saturated heterocycles. The maximum Gasteiger partial charge on any atom is 0.341 e. The minimum Gasteiger partial charge on any atom is -0.465 e. The number of methoxy groups -OCH3 is 1. The zero-order valence-electron chi connectivity index (χ0n) is 22.8. The van der Waals surface area contributed by atoms with Crippen molar-refractivity contribution in [2.75, 3.05) is 19.0 Å². The van der Waals surface area contributed by atoms with Gasteiger partial charge in [-0.05, 0) is 52.7 Å². The largest absolute Gasteiger partial charge is 0.465 e. The fraction of sp³-hybridized carbons (Fsp3) is 0.286. The molecule has 42 heavy (non-hydrogen) atoms. The van der Waals surface area contributed by atoms with Gasteiger partial charge in [0.15, 0.2) is 5.78 Å². The van der Waals surface area contributed by atoms with Crippen molar-refractivity contribution >= 4 is 56.2 Å². The van der Waals surface area contributed by atoms with Crippen molar-refractivity contribution in [2.45, 2.75) is 39.0 Å². The fourth-order valence-electron chi connectivity index (χ4n) is 4.81. The van der Waals surface area contributed by atoms with Gasteiger partial charge in [0.1, 0.15) is 46.3 Å². The van der Waals surface area contributed by atoms with E-state index in [1.165, 1.54) is 30.8 Å². The Labute approximate surface area is 247 Å². The minimum atomic E-state index is -1.44. The summed E-state index contributed by atoms with van der Waals surface area (Å²) in [6.45, 7) is 2.51. The summed E-state index contributed by atoms with van der Waals surface area (Å²) in [7, 11) is 1.19. The Kier molecular flexibility index (Phi) is 8.07. The Morgan fingerprint density at radius 3 is 2.55 bits per heavy atom. The average molecular weight is 638 g/mol. The Balaban J connectivity index is 1.41. The van der Waals surface area contributed by atoms with Gasteiger partial charge in [-0.1, -0.05) is 6.07 Å². The number of aromatic nitrogens is 5. The van der Waals surface area contributed by atoms with Crippen LogP contribution in [0.3, 0.4) is 0 Å². The normalized spacial score (nSPS) is 16.5. The maximum atomic E-state index is 14.6. The molecule has 0 unspecified atom stereocenters. The summed E-state index contributed by atoms with van der Waals surface area (Å²) in [6, 6.07) is 7.07. The lowest BCUT2D eigenvalue weighted by Crippen LogP contribution is -2.44. The van der Waals surface area contributed by atoms with E-state index < -0.39 is 30.0 Å². The number of amides is 2. The molecule has 3 aromatic heterocycles. The molecule has 4 heterocycles. The van der Waals surface area contributed by atoms with Crippen molar-refractivity contribution in [3.8, 4) is 11.1 Å². The third kappa shape index (κ3) is 5.75. The van der Waals surface area contributed by atoms with Crippen LogP contribution in [0.15, 0.2) is 47.3 Å². The number of anilines is 1. The first-order valence-electron chi connectivity index (χ1n) is 12.9. The molecule has 1 aliphatic heterocycles. The number of carbonyl (C=O) groups excluding carboxylic acids is 4. The molecule has 0 saturated carbocycles. The monoisotopic (exact) mass is 637 g/mol. The number of rotatable bonds is 7. The Morgan fingerprint density at radius 1 is 1.12 bits per heavy atom. The first kappa shape index (κ1) is 28.9. The number of alkyl halides is 1. The quantitative estimate of drug-likeness (QED) is 0.182. The van der Waals surface area contributed by atoms with Crippen molar-refractivity contribution in [2.24, 2.45) is 0 Å². The lowest BCUT2D eigenvalue weighted by atomic mass is 10.0. The number of aryl methyl sites for hydroxylation is 1. The summed E-state index contributed by atoms with van der Waals surface area (Å²) in [4.78, 5) is 65.0. The number of ketones is 1. The van der Waals surface area contributed by atoms with Gasteiger partial charge in [0.25, 0.3) is 0 Å². The highest BCUT2D eigenvalue weighted by atomic mass is 79.9. The van der Waals surface area contributed by atoms with E-state index >= 15 is 0 Å². The smallest absolute Gasteiger partial charge is 0.341 e. The summed E-state index contributed by atoms with van der Waals surface area (Å²) in [6.07, 6.45) is 1.67. The number of likely N-dealkylation sites (tertiary alicyclic amines) is 1. The molecular weight excluding hydrogens is 613 g/mol. The van der Waals surface area contributed by atoms with E-state index in [-0.39, 0.29) is 42.4 Å². The number of nitrogens with zero attached hydrogens (tertiary/aromatic N) is 6. The van der Waals surface area contributed by atoms with Crippen molar-refractivity contribution in [1.82, 2.24) is 29.6 Å². The van der Waals surface area contributed by atoms with Gasteiger partial charge in [0, 0.05) is 36.7 Å². The van der Waals surface area contributed by atoms with Crippen LogP contribution in [0, 0.1) is 6.92 Å². The number of esters is 1. The molecular formula is C28H25BrFN7O5. The van der Waals surface area contributed by atoms with Crippen LogP contribution in [-0.4, -0.2) is 79.1 Å². The Morgan fingerprint density at radius 2 is 1.86 bits per heavy atom. The third-order valence-electron chi connectivity index (χ3n) is 6.86. The summed E-state index contributed by atoms with van der Waals surface area (Å²) in [5.41, 5.74) is 2.19. The number of benzene rings is 1. The second kappa shape index (κ2) is 11.7. The predicted octanol–water partition coefficient (Wildman–Crippen LogP) is 3.53. The molecule has 14 heteroatoms. The van der Waals surface area contributed by atoms with E-state index in [0.29, 0.717) is 21.3 Å². The van der Waals surface area contributed by atoms with Crippen molar-refractivity contribution in [3.05, 3.63) is 64.4 Å². The maximum absolute atomic E-state index is 14.6. The molecule has 1 aromatic carbocycles. The molecule has 1 N–H and O–H groups in total. The molecule has 12 nitrogen and oxygen atoms in total. The highest BCUT2D eigenvalue weighted by Gasteiger charge is 2.40. The van der Waals surface area contributed by atoms with Crippen LogP contribution in [0.2, 0.25) is 0 Å². The number of carbonyl (C=O) groups is 4. The summed E-state index contributed by atoms with van der Waals surface area (Å²) < 4.78 is 21.1. The number of ether oxygens (including phenoxy) is 1. The number of nitrogens with one attached hydrogen (secondary N) is 1. The number of hydrogen-bond acceptors (Lipinski definition) is 9. The van der Waals surface area contributed by atoms with E-state index in [9.17, 15) is 23.6 Å². The minimum absolute atomic E-state index is 0.00179. The molecule has 4 aromatic rings. The molecule has 2 atom stereocenters. The number of fused-ring (bicyclic) bond motifs is 1. The molecule has 0 bridgehead atoms. The lowest BCUT2D eigenvalue weighted by molar-refractivity contribution is -0.137. The van der Waals surface area contributed by atoms with E-state index in [4.69, 9.17) is 4.74 Å². The first-order chi connectivity index (χ1) is 20.0. The molecule has 5 rings (SSSR count). The number of pyridine rings is 1. The van der Waals surface area contributed by atoms with Crippen LogP contribution in [0.1, 0.15) is 40.0 Å². The second-order valence-corrected chi connectivity index (χ2v) is 10.5. The molecule has 0 spiro atoms. The summed E-state index contributed by atoms with van der Waals surface area (Å²) in [5, 5.41) is 7.45. The van der Waals surface area contributed by atoms with Crippen LogP contribution in [0.5, 0.6) is 0 Å². The second-order valence-electron chi connectivity index (χ2n) is 9.72. The van der Waals surface area contributed by atoms with Gasteiger partial charge < -0.3 is 15.0 Å². The molecule has 1 fully saturated rings. The van der Waals surface area contributed by atoms with Gasteiger partial charge in [0.2, 0.25) is 11.8 Å². The van der Waals surface area contributed by atoms with E-state index in [0.717, 1.165) is 16.0 Å². The summed E-state index contributed by atoms with van der Waals surface area (Å²) in [5.74, 6) is -1.77. The summed E-state index contributed by atoms with van der Waals surface area (Å²) >= 11 is 3.20. The van der Waals surface area contributed by atoms with Gasteiger partial charge in [-0.2, -0.15) is 5.10 Å². The number of Topliss-reactive ketones (excluding diaryl/α,β-unsaturated/α-hetero) is 1. The SMILES string of the molecule is COC(=O)c1ccc(Br)nc1NC(=O)[C@@H]1C[C@@H](F)CN1C(=O)Cn1nc(C(C)=O)c2cc(-c3cnc(C)nc3)ccc21. The van der Waals surface area contributed by atoms with Gasteiger partial charge >= 0.3 is 5.97 Å². The zero-order valence-corrected chi connectivity index (χ0v) is 24.4. The van der Waals surface area contributed by atoms with Crippen LogP contribution < -0.4 is 5.32 Å². The number of hydrogen-bond donors (Lipinski definition) is 1. The molecule has 1 aliphatic rings. The van der Waals surface area contributed by atoms with E-state index in [2.05, 4.69) is 41.3 Å². The Bertz CT molecular complexity index is 1730. The third-order valence-corrected chi connectivity index (χ3v) is 7.31. The van der Waals surface area contributed by atoms with E-state index in [1.807, 2.05) is 0 Å². The van der Waals surface area contributed by atoms with Crippen molar-refractivity contribution < 1.29 is 28.3 Å². The van der Waals surface area contributed by atoms with Crippen LogP contribution in [0.25, 0.3) is 22.0 Å². The molecule has 0 aliphatic carbocycles. The number of halogens is 2. The van der Waals surface area contributed by atoms with Gasteiger partial charge in [-0.3, -0.25) is 19.1 Å². The molecule has 216 valence electrons. The molecule has 0 radical (unpaired) electrons. The van der Waals surface area contributed by atoms with Crippen molar-refractivity contribution in [1.29, 1.82) is 0 Å². The van der Waals surface area contributed by atoms with Gasteiger partial charge in [-0.15, -0.1) is 0 Å². The standard InChI is InChI=1S/C28H25BrFN7O5/c1-14(38)25-20-8-16(17-10-31-15(2)32-11-17)4-6-21(20)37(35-25)13-24(39)36-12-18(30)9-22(36)27(40)34-26-19(28(41)42-3)5-7-23(29)33-26/h4-8,10-11,18,22H,9,12-13H2,1-3H3,(H,33,34,40)/t18-,22+/m1/s1. The van der Waals surface area contributed by atoms with Gasteiger partial charge in [0.05, 0.1) is 19.2 Å². The Hall–Kier alpha value is -4.59.